The van der Waals surface area contributed by atoms with E-state index in [1.54, 1.807) is 10.5 Å². The molecule has 3 heterocycles. The lowest BCUT2D eigenvalue weighted by molar-refractivity contribution is -0.611. The summed E-state index contributed by atoms with van der Waals surface area (Å²) in [4.78, 5) is 0. The van der Waals surface area contributed by atoms with Crippen molar-refractivity contribution in [1.29, 1.82) is 0 Å². The van der Waals surface area contributed by atoms with E-state index in [2.05, 4.69) is 4.05 Å². The molecule has 0 N–H and O–H groups in total. The first kappa shape index (κ1) is 9.56. The molecule has 0 aromatic rings. The number of hydrogen-bond donors (Lipinski definition) is 0. The maximum atomic E-state index is 12.3. The van der Waals surface area contributed by atoms with Crippen molar-refractivity contribution in [2.24, 2.45) is 5.41 Å². The van der Waals surface area contributed by atoms with Gasteiger partial charge in [0, 0.05) is 9.82 Å². The van der Waals surface area contributed by atoms with Gasteiger partial charge in [-0.15, -0.1) is 0 Å². The van der Waals surface area contributed by atoms with Crippen molar-refractivity contribution in [1.82, 2.24) is 4.41 Å². The second-order valence-corrected chi connectivity index (χ2v) is 8.81. The molecular formula is C10H13N2O2S2+. The lowest BCUT2D eigenvalue weighted by Gasteiger charge is -2.33. The molecule has 86 valence electrons. The van der Waals surface area contributed by atoms with E-state index < -0.39 is 10.0 Å². The Hall–Kier alpha value is -0.460. The van der Waals surface area contributed by atoms with Gasteiger partial charge in [0.2, 0.25) is 0 Å². The highest BCUT2D eigenvalue weighted by atomic mass is 32.3. The largest absolute Gasteiger partial charge is 0.305 e. The van der Waals surface area contributed by atoms with Crippen LogP contribution in [0.2, 0.25) is 0 Å². The number of hydrazine groups is 1. The van der Waals surface area contributed by atoms with Gasteiger partial charge in [0.25, 0.3) is 0 Å². The number of allylic oxidation sites excluding steroid dienone is 2. The monoisotopic (exact) mass is 257 g/mol. The second-order valence-electron chi connectivity index (χ2n) is 4.98. The van der Waals surface area contributed by atoms with Crippen LogP contribution in [-0.2, 0) is 20.7 Å². The van der Waals surface area contributed by atoms with Gasteiger partial charge in [0.1, 0.15) is 10.7 Å². The molecule has 3 aliphatic heterocycles. The number of fused-ring (bicyclic) bond motifs is 2. The third-order valence-electron chi connectivity index (χ3n) is 4.01. The van der Waals surface area contributed by atoms with Crippen LogP contribution in [-0.4, -0.2) is 30.0 Å². The summed E-state index contributed by atoms with van der Waals surface area (Å²) in [5, 5.41) is 2.02. The molecule has 4 aliphatic rings. The second kappa shape index (κ2) is 2.68. The van der Waals surface area contributed by atoms with Crippen LogP contribution >= 0.6 is 0 Å². The fourth-order valence-electron chi connectivity index (χ4n) is 2.95. The minimum absolute atomic E-state index is 0.280. The summed E-state index contributed by atoms with van der Waals surface area (Å²) in [5.41, 5.74) is 0.280. The van der Waals surface area contributed by atoms with Gasteiger partial charge in [0.05, 0.1) is 12.0 Å². The minimum Gasteiger partial charge on any atom is -0.201 e. The summed E-state index contributed by atoms with van der Waals surface area (Å²) in [5.74, 6) is 0. The van der Waals surface area contributed by atoms with E-state index in [4.69, 9.17) is 0 Å². The Labute approximate surface area is 97.3 Å². The Morgan fingerprint density at radius 1 is 1.44 bits per heavy atom. The van der Waals surface area contributed by atoms with Gasteiger partial charge in [0.15, 0.2) is 10.8 Å². The highest BCUT2D eigenvalue weighted by Crippen LogP contribution is 2.49. The van der Waals surface area contributed by atoms with Gasteiger partial charge >= 0.3 is 10.0 Å². The lowest BCUT2D eigenvalue weighted by atomic mass is 9.70. The van der Waals surface area contributed by atoms with Gasteiger partial charge in [-0.2, -0.15) is 0 Å². The normalized spacial score (nSPS) is 37.4. The maximum absolute atomic E-state index is 12.3. The van der Waals surface area contributed by atoms with Crippen LogP contribution in [0.3, 0.4) is 0 Å². The molecule has 6 heteroatoms. The predicted octanol–water partition coefficient (Wildman–Crippen LogP) is 0.914. The maximum Gasteiger partial charge on any atom is 0.305 e. The van der Waals surface area contributed by atoms with Crippen LogP contribution in [0, 0.1) is 5.41 Å². The molecule has 0 aromatic carbocycles. The van der Waals surface area contributed by atoms with Crippen molar-refractivity contribution in [3.63, 3.8) is 0 Å². The van der Waals surface area contributed by atoms with E-state index in [0.717, 1.165) is 6.54 Å². The molecule has 1 aliphatic carbocycles. The molecular weight excluding hydrogens is 244 g/mol. The summed E-state index contributed by atoms with van der Waals surface area (Å²) in [6.45, 7) is 1.64. The van der Waals surface area contributed by atoms with Crippen molar-refractivity contribution in [3.8, 4) is 0 Å². The Bertz CT molecular complexity index is 582. The van der Waals surface area contributed by atoms with Crippen molar-refractivity contribution < 1.29 is 12.5 Å². The summed E-state index contributed by atoms with van der Waals surface area (Å²) < 4.78 is 28.8. The molecule has 2 fully saturated rings. The first-order valence-electron chi connectivity index (χ1n) is 5.54. The van der Waals surface area contributed by atoms with E-state index in [1.807, 2.05) is 11.5 Å². The smallest absolute Gasteiger partial charge is 0.201 e. The number of nitrogens with zero attached hydrogens (tertiary/aromatic N) is 2. The summed E-state index contributed by atoms with van der Waals surface area (Å²) in [6, 6.07) is 0. The predicted molar refractivity (Wildman–Crippen MR) is 61.6 cm³/mol. The molecule has 1 spiro atoms. The minimum atomic E-state index is -3.18. The van der Waals surface area contributed by atoms with Crippen molar-refractivity contribution in [2.75, 3.05) is 13.1 Å². The van der Waals surface area contributed by atoms with Crippen LogP contribution in [0.4, 0.5) is 0 Å². The average molecular weight is 257 g/mol. The highest BCUT2D eigenvalue weighted by molar-refractivity contribution is 8.13. The Morgan fingerprint density at radius 3 is 2.94 bits per heavy atom. The fourth-order valence-corrected chi connectivity index (χ4v) is 7.77. The van der Waals surface area contributed by atoms with Gasteiger partial charge < -0.3 is 0 Å². The molecule has 0 radical (unpaired) electrons. The fraction of sp³-hybridized carbons (Fsp3) is 0.600. The molecule has 0 amide bonds. The van der Waals surface area contributed by atoms with Gasteiger partial charge in [-0.05, 0) is 25.0 Å². The lowest BCUT2D eigenvalue weighted by Crippen LogP contribution is -2.36. The third kappa shape index (κ3) is 0.942. The molecule has 16 heavy (non-hydrogen) atoms. The summed E-state index contributed by atoms with van der Waals surface area (Å²) in [6.07, 6.45) is 7.27. The van der Waals surface area contributed by atoms with E-state index in [9.17, 15) is 8.42 Å². The van der Waals surface area contributed by atoms with E-state index in [-0.39, 0.29) is 16.1 Å². The summed E-state index contributed by atoms with van der Waals surface area (Å²) in [7, 11) is -3.48. The van der Waals surface area contributed by atoms with E-state index >= 15 is 0 Å². The van der Waals surface area contributed by atoms with Gasteiger partial charge in [-0.25, -0.2) is 8.42 Å². The first-order chi connectivity index (χ1) is 7.62. The Morgan fingerprint density at radius 2 is 2.25 bits per heavy atom. The Kier molecular flexibility index (Phi) is 1.60. The molecule has 0 bridgehead atoms. The van der Waals surface area contributed by atoms with Crippen LogP contribution in [0.25, 0.3) is 0 Å². The molecule has 4 nitrogen and oxygen atoms in total. The zero-order valence-electron chi connectivity index (χ0n) is 8.80. The average Bonchev–Trinajstić information content (AvgIpc) is 2.83. The van der Waals surface area contributed by atoms with Crippen molar-refractivity contribution in [3.05, 3.63) is 21.8 Å². The zero-order valence-corrected chi connectivity index (χ0v) is 10.4. The van der Waals surface area contributed by atoms with Crippen LogP contribution in [0.15, 0.2) is 21.8 Å². The van der Waals surface area contributed by atoms with Crippen LogP contribution in [0.5, 0.6) is 0 Å². The SMILES string of the molecule is O=S1(=O)C2=CC=CS2=[N+]2CC3(CCC3)CN21. The first-order valence-corrected chi connectivity index (χ1v) is 8.23. The molecule has 1 saturated carbocycles. The molecule has 0 aromatic heterocycles. The Balaban J connectivity index is 1.90. The number of rotatable bonds is 0. The highest BCUT2D eigenvalue weighted by Gasteiger charge is 2.61. The zero-order chi connectivity index (χ0) is 11.0. The molecule has 4 rings (SSSR count). The number of sulfonamides is 1. The molecule has 1 atom stereocenters. The van der Waals surface area contributed by atoms with Gasteiger partial charge in [-0.3, -0.25) is 0 Å². The van der Waals surface area contributed by atoms with Crippen LogP contribution in [0.1, 0.15) is 19.3 Å². The van der Waals surface area contributed by atoms with E-state index in [0.29, 0.717) is 10.8 Å². The van der Waals surface area contributed by atoms with Crippen molar-refractivity contribution >= 4 is 20.7 Å². The quantitative estimate of drug-likeness (QED) is 0.605. The topological polar surface area (TPSA) is 40.4 Å². The van der Waals surface area contributed by atoms with E-state index in [1.165, 1.54) is 19.3 Å². The van der Waals surface area contributed by atoms with Gasteiger partial charge in [-0.1, -0.05) is 10.5 Å². The standard InChI is InChI=1S/C10H13N2O2S2/c13-16(14)9-3-1-6-15(9)11-7-10(4-2-5-10)8-12(11)16/h1,3,6H,2,4-5,7-8H2/q+1. The van der Waals surface area contributed by atoms with Crippen molar-refractivity contribution in [2.45, 2.75) is 19.3 Å². The van der Waals surface area contributed by atoms with Crippen LogP contribution < -0.4 is 0 Å². The number of hydrogen-bond acceptors (Lipinski definition) is 2. The third-order valence-corrected chi connectivity index (χ3v) is 8.53. The molecule has 1 saturated heterocycles. The summed E-state index contributed by atoms with van der Waals surface area (Å²) >= 11 is 0. The molecule has 1 unspecified atom stereocenters.